The highest BCUT2D eigenvalue weighted by Crippen LogP contribution is 2.44. The number of halogens is 1. The van der Waals surface area contributed by atoms with Crippen LogP contribution in [-0.4, -0.2) is 42.1 Å². The maximum atomic E-state index is 13.0. The minimum atomic E-state index is -0.995. The Kier molecular flexibility index (Phi) is 3.00. The Morgan fingerprint density at radius 2 is 2.00 bits per heavy atom. The molecule has 0 saturated carbocycles. The Labute approximate surface area is 133 Å². The van der Waals surface area contributed by atoms with Crippen molar-refractivity contribution in [2.45, 2.75) is 25.4 Å². The van der Waals surface area contributed by atoms with E-state index in [-0.39, 0.29) is 11.8 Å². The number of aryl methyl sites for hydroxylation is 1. The van der Waals surface area contributed by atoms with Crippen molar-refractivity contribution >= 4 is 29.3 Å². The van der Waals surface area contributed by atoms with E-state index in [4.69, 9.17) is 16.3 Å². The molecule has 0 radical (unpaired) electrons. The van der Waals surface area contributed by atoms with Crippen molar-refractivity contribution in [1.82, 2.24) is 4.90 Å². The van der Waals surface area contributed by atoms with Crippen LogP contribution in [0.1, 0.15) is 18.4 Å². The van der Waals surface area contributed by atoms with Crippen LogP contribution in [0.5, 0.6) is 0 Å². The van der Waals surface area contributed by atoms with Crippen LogP contribution in [0.2, 0.25) is 5.02 Å². The molecular formula is C16H17ClN2O3. The van der Waals surface area contributed by atoms with Gasteiger partial charge >= 0.3 is 6.09 Å². The summed E-state index contributed by atoms with van der Waals surface area (Å²) in [7, 11) is 0. The fourth-order valence-electron chi connectivity index (χ4n) is 3.84. The van der Waals surface area contributed by atoms with E-state index < -0.39 is 11.7 Å². The zero-order valence-electron chi connectivity index (χ0n) is 12.3. The summed E-state index contributed by atoms with van der Waals surface area (Å²) in [5.41, 5.74) is 0.396. The van der Waals surface area contributed by atoms with Crippen LogP contribution in [0.3, 0.4) is 0 Å². The van der Waals surface area contributed by atoms with E-state index in [1.54, 1.807) is 18.2 Å². The lowest BCUT2D eigenvalue weighted by Crippen LogP contribution is -2.63. The fourth-order valence-corrected chi connectivity index (χ4v) is 4.01. The number of nitrogens with zero attached hydrogens (tertiary/aromatic N) is 2. The lowest BCUT2D eigenvalue weighted by Gasteiger charge is -2.48. The first-order valence-corrected chi connectivity index (χ1v) is 7.95. The highest BCUT2D eigenvalue weighted by molar-refractivity contribution is 6.32. The summed E-state index contributed by atoms with van der Waals surface area (Å²) < 4.78 is 5.63. The second-order valence-electron chi connectivity index (χ2n) is 6.38. The maximum absolute atomic E-state index is 13.0. The van der Waals surface area contributed by atoms with Gasteiger partial charge in [0.05, 0.1) is 5.69 Å². The lowest BCUT2D eigenvalue weighted by atomic mass is 9.75. The molecule has 1 aromatic rings. The zero-order valence-corrected chi connectivity index (χ0v) is 13.1. The number of carbonyl (C=O) groups excluding carboxylic acids is 2. The predicted octanol–water partition coefficient (Wildman–Crippen LogP) is 2.60. The van der Waals surface area contributed by atoms with Crippen molar-refractivity contribution in [3.8, 4) is 0 Å². The van der Waals surface area contributed by atoms with Gasteiger partial charge < -0.3 is 4.74 Å². The maximum Gasteiger partial charge on any atom is 0.422 e. The molecule has 4 fully saturated rings. The average Bonchev–Trinajstić information content (AvgIpc) is 2.74. The molecule has 1 atom stereocenters. The smallest absolute Gasteiger partial charge is 0.422 e. The van der Waals surface area contributed by atoms with E-state index in [0.717, 1.165) is 36.4 Å². The highest BCUT2D eigenvalue weighted by atomic mass is 35.5. The molecule has 1 unspecified atom stereocenters. The SMILES string of the molecule is Cc1ccc(N2C(=O)OC3(CN4CCC3CC4)C2=O)cc1Cl. The van der Waals surface area contributed by atoms with Gasteiger partial charge in [0.25, 0.3) is 5.91 Å². The van der Waals surface area contributed by atoms with E-state index in [2.05, 4.69) is 4.90 Å². The summed E-state index contributed by atoms with van der Waals surface area (Å²) >= 11 is 6.13. The number of rotatable bonds is 1. The van der Waals surface area contributed by atoms with Gasteiger partial charge in [0.2, 0.25) is 5.60 Å². The monoisotopic (exact) mass is 320 g/mol. The molecular weight excluding hydrogens is 304 g/mol. The van der Waals surface area contributed by atoms with Gasteiger partial charge in [-0.3, -0.25) is 9.69 Å². The first kappa shape index (κ1) is 14.0. The van der Waals surface area contributed by atoms with Crippen LogP contribution in [0.15, 0.2) is 18.2 Å². The van der Waals surface area contributed by atoms with Gasteiger partial charge in [0, 0.05) is 17.5 Å². The number of anilines is 1. The molecule has 5 rings (SSSR count). The molecule has 22 heavy (non-hydrogen) atoms. The molecule has 2 bridgehead atoms. The zero-order chi connectivity index (χ0) is 15.5. The summed E-state index contributed by atoms with van der Waals surface area (Å²) in [5, 5.41) is 0.535. The van der Waals surface area contributed by atoms with Crippen LogP contribution in [0, 0.1) is 12.8 Å². The van der Waals surface area contributed by atoms with Gasteiger partial charge in [0.15, 0.2) is 0 Å². The fraction of sp³-hybridized carbons (Fsp3) is 0.500. The van der Waals surface area contributed by atoms with Gasteiger partial charge in [-0.2, -0.15) is 0 Å². The Hall–Kier alpha value is -1.59. The molecule has 5 nitrogen and oxygen atoms in total. The van der Waals surface area contributed by atoms with Crippen molar-refractivity contribution in [3.05, 3.63) is 28.8 Å². The number of carbonyl (C=O) groups is 2. The number of fused-ring (bicyclic) bond motifs is 2. The number of imide groups is 1. The van der Waals surface area contributed by atoms with Crippen LogP contribution in [0.4, 0.5) is 10.5 Å². The van der Waals surface area contributed by atoms with Gasteiger partial charge in [0.1, 0.15) is 0 Å². The quantitative estimate of drug-likeness (QED) is 0.798. The van der Waals surface area contributed by atoms with Crippen molar-refractivity contribution in [2.24, 2.45) is 5.92 Å². The van der Waals surface area contributed by atoms with Gasteiger partial charge in [-0.25, -0.2) is 9.69 Å². The normalized spacial score (nSPS) is 33.6. The number of hydrogen-bond acceptors (Lipinski definition) is 4. The molecule has 116 valence electrons. The summed E-state index contributed by atoms with van der Waals surface area (Å²) in [5.74, 6) is -0.119. The van der Waals surface area contributed by atoms with Crippen LogP contribution >= 0.6 is 11.6 Å². The van der Waals surface area contributed by atoms with Crippen LogP contribution in [-0.2, 0) is 9.53 Å². The molecule has 4 aliphatic heterocycles. The van der Waals surface area contributed by atoms with E-state index >= 15 is 0 Å². The number of hydrogen-bond donors (Lipinski definition) is 0. The van der Waals surface area contributed by atoms with Crippen molar-refractivity contribution in [3.63, 3.8) is 0 Å². The number of benzene rings is 1. The second kappa shape index (κ2) is 4.70. The van der Waals surface area contributed by atoms with Gasteiger partial charge in [-0.05, 0) is 50.6 Å². The summed E-state index contributed by atoms with van der Waals surface area (Å²) in [4.78, 5) is 28.7. The minimum absolute atomic E-state index is 0.125. The number of piperidine rings is 3. The van der Waals surface area contributed by atoms with E-state index in [1.165, 1.54) is 0 Å². The molecule has 4 aliphatic rings. The molecule has 0 aromatic heterocycles. The third-order valence-corrected chi connectivity index (χ3v) is 5.54. The summed E-state index contributed by atoms with van der Waals surface area (Å²) in [6, 6.07) is 5.19. The second-order valence-corrected chi connectivity index (χ2v) is 6.79. The molecule has 0 aliphatic carbocycles. The molecule has 4 heterocycles. The minimum Gasteiger partial charge on any atom is -0.430 e. The van der Waals surface area contributed by atoms with E-state index in [1.807, 2.05) is 6.92 Å². The Morgan fingerprint density at radius 1 is 1.27 bits per heavy atom. The van der Waals surface area contributed by atoms with Crippen LogP contribution in [0.25, 0.3) is 0 Å². The van der Waals surface area contributed by atoms with Crippen LogP contribution < -0.4 is 4.90 Å². The first-order valence-electron chi connectivity index (χ1n) is 7.57. The topological polar surface area (TPSA) is 49.9 Å². The van der Waals surface area contributed by atoms with Crippen molar-refractivity contribution in [1.29, 1.82) is 0 Å². The molecule has 2 amide bonds. The average molecular weight is 321 g/mol. The van der Waals surface area contributed by atoms with E-state index in [0.29, 0.717) is 17.3 Å². The first-order chi connectivity index (χ1) is 10.5. The number of amides is 2. The van der Waals surface area contributed by atoms with Gasteiger partial charge in [-0.1, -0.05) is 17.7 Å². The Bertz CT molecular complexity index is 669. The molecule has 1 spiro atoms. The highest BCUT2D eigenvalue weighted by Gasteiger charge is 2.62. The number of ether oxygens (including phenoxy) is 1. The largest absolute Gasteiger partial charge is 0.430 e. The van der Waals surface area contributed by atoms with Crippen molar-refractivity contribution < 1.29 is 14.3 Å². The third-order valence-electron chi connectivity index (χ3n) is 5.14. The Balaban J connectivity index is 1.72. The lowest BCUT2D eigenvalue weighted by molar-refractivity contribution is -0.148. The third kappa shape index (κ3) is 1.82. The van der Waals surface area contributed by atoms with E-state index in [9.17, 15) is 9.59 Å². The molecule has 0 N–H and O–H groups in total. The molecule has 1 aromatic carbocycles. The predicted molar refractivity (Wildman–Crippen MR) is 82.1 cm³/mol. The standard InChI is InChI=1S/C16H17ClN2O3/c1-10-2-3-12(8-13(10)17)19-14(20)16(22-15(19)21)9-18-6-4-11(16)5-7-18/h2-3,8,11H,4-7,9H2,1H3. The van der Waals surface area contributed by atoms with Gasteiger partial charge in [-0.15, -0.1) is 0 Å². The Morgan fingerprint density at radius 3 is 2.59 bits per heavy atom. The molecule has 6 heteroatoms. The summed E-state index contributed by atoms with van der Waals surface area (Å²) in [6.45, 7) is 4.35. The van der Waals surface area contributed by atoms with Crippen molar-refractivity contribution in [2.75, 3.05) is 24.5 Å². The molecule has 4 saturated heterocycles. The summed E-state index contributed by atoms with van der Waals surface area (Å²) in [6.07, 6.45) is 1.22.